The molecule has 0 aliphatic heterocycles. The molecule has 0 aliphatic rings. The van der Waals surface area contributed by atoms with Crippen LogP contribution in [-0.4, -0.2) is 11.4 Å². The van der Waals surface area contributed by atoms with Crippen molar-refractivity contribution in [2.45, 2.75) is 6.92 Å². The van der Waals surface area contributed by atoms with Gasteiger partial charge in [-0.3, -0.25) is 4.79 Å². The molecule has 0 aliphatic carbocycles. The minimum absolute atomic E-state index is 0.0301. The number of aryl methyl sites for hydroxylation is 1. The molecule has 2 radical (unpaired) electrons. The molecule has 0 N–H and O–H groups in total. The molecule has 0 fully saturated rings. The predicted octanol–water partition coefficient (Wildman–Crippen LogP) is 0.241. The van der Waals surface area contributed by atoms with Gasteiger partial charge in [0.1, 0.15) is 0 Å². The van der Waals surface area contributed by atoms with Crippen molar-refractivity contribution in [3.8, 4) is 0 Å². The van der Waals surface area contributed by atoms with E-state index in [4.69, 9.17) is 0 Å². The van der Waals surface area contributed by atoms with E-state index < -0.39 is 0 Å². The highest BCUT2D eigenvalue weighted by Crippen LogP contribution is 1.94. The molecule has 3 heteroatoms. The highest BCUT2D eigenvalue weighted by molar-refractivity contribution is 5.70. The molecule has 0 aromatic carbocycles. The maximum Gasteiger partial charge on any atom is 0.275 e. The summed E-state index contributed by atoms with van der Waals surface area (Å²) in [5.41, 5.74) is 0.573. The molecule has 1 heterocycles. The van der Waals surface area contributed by atoms with Crippen LogP contribution < -0.4 is 0 Å². The molecule has 40 valence electrons. The fourth-order valence-corrected chi connectivity index (χ4v) is 0.368. The van der Waals surface area contributed by atoms with Crippen LogP contribution in [-0.2, 0) is 4.79 Å². The van der Waals surface area contributed by atoms with Gasteiger partial charge in [-0.05, 0) is 6.92 Å². The van der Waals surface area contributed by atoms with Gasteiger partial charge in [0.25, 0.3) is 6.29 Å². The van der Waals surface area contributed by atoms with E-state index in [0.29, 0.717) is 5.69 Å². The third-order valence-corrected chi connectivity index (χ3v) is 0.661. The van der Waals surface area contributed by atoms with Crippen LogP contribution in [0.5, 0.6) is 0 Å². The van der Waals surface area contributed by atoms with Crippen LogP contribution in [0.3, 0.4) is 0 Å². The molecule has 8 heavy (non-hydrogen) atoms. The van der Waals surface area contributed by atoms with Gasteiger partial charge in [-0.15, -0.1) is 0 Å². The van der Waals surface area contributed by atoms with Gasteiger partial charge in [0.2, 0.25) is 5.76 Å². The van der Waals surface area contributed by atoms with Crippen molar-refractivity contribution in [3.63, 3.8) is 0 Å². The lowest BCUT2D eigenvalue weighted by Gasteiger charge is -1.63. The number of rotatable bonds is 1. The van der Waals surface area contributed by atoms with Crippen LogP contribution >= 0.6 is 0 Å². The van der Waals surface area contributed by atoms with E-state index >= 15 is 0 Å². The van der Waals surface area contributed by atoms with E-state index in [1.54, 1.807) is 6.92 Å². The Morgan fingerprint density at radius 1 is 1.88 bits per heavy atom. The Kier molecular flexibility index (Phi) is 1.12. The molecule has 0 spiro atoms. The maximum absolute atomic E-state index is 9.73. The molecule has 3 nitrogen and oxygen atoms in total. The Labute approximate surface area is 46.3 Å². The molecule has 0 bridgehead atoms. The van der Waals surface area contributed by atoms with E-state index in [1.165, 1.54) is 6.29 Å². The number of hydrogen-bond acceptors (Lipinski definition) is 3. The fraction of sp³-hybridized carbons (Fsp3) is 0.200. The van der Waals surface area contributed by atoms with Crippen LogP contribution in [0.25, 0.3) is 0 Å². The standard InChI is InChI=1S/C5H3NO2/c1-4-2-5(3-7)8-6-4/h1H3. The quantitative estimate of drug-likeness (QED) is 0.518. The molecule has 0 saturated heterocycles. The normalized spacial score (nSPS) is 9.12. The number of carbonyl (C=O) groups excluding carboxylic acids is 1. The summed E-state index contributed by atoms with van der Waals surface area (Å²) < 4.78 is 4.38. The van der Waals surface area contributed by atoms with Gasteiger partial charge in [0.15, 0.2) is 0 Å². The summed E-state index contributed by atoms with van der Waals surface area (Å²) in [7, 11) is 0. The second-order valence-electron chi connectivity index (χ2n) is 1.32. The van der Waals surface area contributed by atoms with E-state index in [9.17, 15) is 4.79 Å². The Bertz CT molecular complexity index is 192. The van der Waals surface area contributed by atoms with E-state index in [-0.39, 0.29) is 5.76 Å². The lowest BCUT2D eigenvalue weighted by Crippen LogP contribution is -1.68. The molecular weight excluding hydrogens is 106 g/mol. The first-order valence-electron chi connectivity index (χ1n) is 2.06. The van der Waals surface area contributed by atoms with Gasteiger partial charge in [-0.25, -0.2) is 0 Å². The van der Waals surface area contributed by atoms with Crippen LogP contribution in [0, 0.1) is 13.0 Å². The van der Waals surface area contributed by atoms with Crippen molar-refractivity contribution >= 4 is 6.29 Å². The van der Waals surface area contributed by atoms with Gasteiger partial charge < -0.3 is 4.52 Å². The average molecular weight is 109 g/mol. The minimum Gasteiger partial charge on any atom is -0.352 e. The first kappa shape index (κ1) is 5.03. The van der Waals surface area contributed by atoms with Crippen LogP contribution in [0.4, 0.5) is 0 Å². The fourth-order valence-electron chi connectivity index (χ4n) is 0.368. The van der Waals surface area contributed by atoms with Crippen molar-refractivity contribution in [2.24, 2.45) is 0 Å². The molecule has 0 atom stereocenters. The number of hydrogen-bond donors (Lipinski definition) is 0. The number of aromatic nitrogens is 1. The lowest BCUT2D eigenvalue weighted by molar-refractivity contribution is 0.402. The number of nitrogens with zero attached hydrogens (tertiary/aromatic N) is 1. The molecular formula is C5H3NO2. The lowest BCUT2D eigenvalue weighted by atomic mass is 10.4. The zero-order chi connectivity index (χ0) is 5.98. The van der Waals surface area contributed by atoms with Crippen molar-refractivity contribution in [1.29, 1.82) is 0 Å². The van der Waals surface area contributed by atoms with Crippen LogP contribution in [0.15, 0.2) is 4.52 Å². The molecule has 0 saturated carbocycles. The van der Waals surface area contributed by atoms with E-state index in [2.05, 4.69) is 15.7 Å². The summed E-state index contributed by atoms with van der Waals surface area (Å²) in [6.07, 6.45) is 1.51. The highest BCUT2D eigenvalue weighted by Gasteiger charge is 1.96. The van der Waals surface area contributed by atoms with Gasteiger partial charge in [0.05, 0.1) is 11.8 Å². The summed E-state index contributed by atoms with van der Waals surface area (Å²) >= 11 is 0. The van der Waals surface area contributed by atoms with Gasteiger partial charge >= 0.3 is 0 Å². The van der Waals surface area contributed by atoms with Crippen molar-refractivity contribution in [1.82, 2.24) is 5.16 Å². The van der Waals surface area contributed by atoms with Gasteiger partial charge in [-0.1, -0.05) is 5.16 Å². The monoisotopic (exact) mass is 109 g/mol. The summed E-state index contributed by atoms with van der Waals surface area (Å²) in [6.45, 7) is 1.68. The maximum atomic E-state index is 9.73. The molecule has 1 aromatic heterocycles. The van der Waals surface area contributed by atoms with E-state index in [1.807, 2.05) is 0 Å². The van der Waals surface area contributed by atoms with E-state index in [0.717, 1.165) is 0 Å². The molecule has 0 amide bonds. The summed E-state index contributed by atoms with van der Waals surface area (Å²) in [5, 5.41) is 3.39. The molecule has 0 unspecified atom stereocenters. The Hall–Kier alpha value is -1.12. The van der Waals surface area contributed by atoms with Crippen molar-refractivity contribution in [2.75, 3.05) is 0 Å². The first-order chi connectivity index (χ1) is 3.83. The summed E-state index contributed by atoms with van der Waals surface area (Å²) in [6, 6.07) is 2.52. The zero-order valence-electron chi connectivity index (χ0n) is 4.26. The smallest absolute Gasteiger partial charge is 0.275 e. The van der Waals surface area contributed by atoms with Crippen molar-refractivity contribution in [3.05, 3.63) is 17.5 Å². The Morgan fingerprint density at radius 2 is 2.62 bits per heavy atom. The second kappa shape index (κ2) is 1.78. The zero-order valence-corrected chi connectivity index (χ0v) is 4.26. The summed E-state index contributed by atoms with van der Waals surface area (Å²) in [4.78, 5) is 9.73. The molecule has 1 rings (SSSR count). The predicted molar refractivity (Wildman–Crippen MR) is 24.9 cm³/mol. The highest BCUT2D eigenvalue weighted by atomic mass is 16.5. The second-order valence-corrected chi connectivity index (χ2v) is 1.32. The van der Waals surface area contributed by atoms with Gasteiger partial charge in [0, 0.05) is 0 Å². The summed E-state index contributed by atoms with van der Waals surface area (Å²) in [5.74, 6) is 0.0301. The SMILES string of the molecule is Cc1[c]c([C]=O)on1. The first-order valence-corrected chi connectivity index (χ1v) is 2.06. The third-order valence-electron chi connectivity index (χ3n) is 0.661. The molecule has 1 aromatic rings. The van der Waals surface area contributed by atoms with Gasteiger partial charge in [-0.2, -0.15) is 0 Å². The Balaban J connectivity index is 3.00. The largest absolute Gasteiger partial charge is 0.352 e. The third kappa shape index (κ3) is 0.753. The average Bonchev–Trinajstić information content (AvgIpc) is 2.14. The Morgan fingerprint density at radius 3 is 2.88 bits per heavy atom. The minimum atomic E-state index is 0.0301. The van der Waals surface area contributed by atoms with Crippen molar-refractivity contribution < 1.29 is 9.32 Å². The van der Waals surface area contributed by atoms with Crippen LogP contribution in [0.1, 0.15) is 11.5 Å². The van der Waals surface area contributed by atoms with Crippen LogP contribution in [0.2, 0.25) is 0 Å². The topological polar surface area (TPSA) is 43.1 Å².